The average molecular weight is 600 g/mol. The van der Waals surface area contributed by atoms with Gasteiger partial charge in [0.15, 0.2) is 0 Å². The molecule has 0 saturated carbocycles. The van der Waals surface area contributed by atoms with Gasteiger partial charge < -0.3 is 20.1 Å². The minimum atomic E-state index is -0.217. The van der Waals surface area contributed by atoms with Gasteiger partial charge in [-0.15, -0.1) is 0 Å². The molecule has 0 aromatic heterocycles. The molecule has 0 fully saturated rings. The number of amidine groups is 1. The van der Waals surface area contributed by atoms with E-state index in [-0.39, 0.29) is 30.8 Å². The van der Waals surface area contributed by atoms with Crippen molar-refractivity contribution in [1.82, 2.24) is 14.2 Å². The van der Waals surface area contributed by atoms with E-state index in [0.29, 0.717) is 55.2 Å². The topological polar surface area (TPSA) is 104 Å². The third kappa shape index (κ3) is 9.75. The highest BCUT2D eigenvalue weighted by atomic mass is 127. The molecule has 0 saturated heterocycles. The molecule has 0 radical (unpaired) electrons. The van der Waals surface area contributed by atoms with Crippen LogP contribution in [0.4, 0.5) is 5.69 Å². The predicted molar refractivity (Wildman–Crippen MR) is 134 cm³/mol. The molecule has 1 aromatic rings. The van der Waals surface area contributed by atoms with Gasteiger partial charge in [-0.1, -0.05) is 30.1 Å². The first-order chi connectivity index (χ1) is 15.4. The van der Waals surface area contributed by atoms with Crippen molar-refractivity contribution in [2.45, 2.75) is 19.8 Å². The first kappa shape index (κ1) is 27.1. The van der Waals surface area contributed by atoms with Crippen molar-refractivity contribution in [3.8, 4) is 0 Å². The number of ether oxygens (including phenoxy) is 2. The molecule has 178 valence electrons. The summed E-state index contributed by atoms with van der Waals surface area (Å²) in [7, 11) is 0. The number of nitrogens with one attached hydrogen (secondary N) is 3. The zero-order valence-corrected chi connectivity index (χ0v) is 21.5. The normalized spacial score (nSPS) is 15.6. The van der Waals surface area contributed by atoms with Crippen LogP contribution in [-0.2, 0) is 19.1 Å². The molecule has 12 heteroatoms. The lowest BCUT2D eigenvalue weighted by Crippen LogP contribution is -2.34. The molecule has 1 aliphatic rings. The largest absolute Gasteiger partial charge is 0.378 e. The van der Waals surface area contributed by atoms with Gasteiger partial charge in [-0.2, -0.15) is 5.10 Å². The molecular formula is C20H28Cl2IN5O4. The van der Waals surface area contributed by atoms with Gasteiger partial charge in [-0.05, 0) is 24.6 Å². The second kappa shape index (κ2) is 14.9. The summed E-state index contributed by atoms with van der Waals surface area (Å²) >= 11 is 14.1. The van der Waals surface area contributed by atoms with Crippen LogP contribution in [0.2, 0.25) is 10.0 Å². The maximum Gasteiger partial charge on any atom is 0.245 e. The van der Waals surface area contributed by atoms with Crippen molar-refractivity contribution in [2.24, 2.45) is 11.0 Å². The number of carbonyl (C=O) groups excluding carboxylic acids is 2. The quantitative estimate of drug-likeness (QED) is 0.183. The Kier molecular flexibility index (Phi) is 12.6. The van der Waals surface area contributed by atoms with E-state index in [0.717, 1.165) is 12.2 Å². The Morgan fingerprint density at radius 2 is 1.94 bits per heavy atom. The SMILES string of the molecule is CC1CN(c2ccc(Cl)c(Cl)c2)N=C1NC(=O)CCCNC(=O)COCCOCCNI. The van der Waals surface area contributed by atoms with Crippen LogP contribution in [-0.4, -0.2) is 63.7 Å². The smallest absolute Gasteiger partial charge is 0.245 e. The summed E-state index contributed by atoms with van der Waals surface area (Å²) in [5, 5.41) is 12.8. The molecule has 1 atom stereocenters. The molecule has 1 unspecified atom stereocenters. The molecule has 0 spiro atoms. The summed E-state index contributed by atoms with van der Waals surface area (Å²) in [5.74, 6) is 0.308. The predicted octanol–water partition coefficient (Wildman–Crippen LogP) is 2.75. The number of halogens is 3. The molecule has 3 N–H and O–H groups in total. The molecule has 0 bridgehead atoms. The Morgan fingerprint density at radius 1 is 1.16 bits per heavy atom. The molecule has 2 rings (SSSR count). The Morgan fingerprint density at radius 3 is 2.69 bits per heavy atom. The van der Waals surface area contributed by atoms with E-state index >= 15 is 0 Å². The maximum atomic E-state index is 12.2. The van der Waals surface area contributed by atoms with Gasteiger partial charge in [0.1, 0.15) is 12.4 Å². The number of amides is 2. The van der Waals surface area contributed by atoms with Crippen molar-refractivity contribution >= 4 is 69.4 Å². The van der Waals surface area contributed by atoms with E-state index in [1.54, 1.807) is 17.1 Å². The third-order valence-electron chi connectivity index (χ3n) is 4.46. The lowest BCUT2D eigenvalue weighted by Gasteiger charge is -2.14. The first-order valence-corrected chi connectivity index (χ1v) is 12.1. The van der Waals surface area contributed by atoms with Gasteiger partial charge in [0, 0.05) is 48.3 Å². The molecule has 32 heavy (non-hydrogen) atoms. The van der Waals surface area contributed by atoms with Crippen LogP contribution in [0.3, 0.4) is 0 Å². The Hall–Kier alpha value is -1.18. The van der Waals surface area contributed by atoms with Crippen LogP contribution in [0.1, 0.15) is 19.8 Å². The molecule has 9 nitrogen and oxygen atoms in total. The molecule has 1 aromatic carbocycles. The lowest BCUT2D eigenvalue weighted by molar-refractivity contribution is -0.126. The molecular weight excluding hydrogens is 572 g/mol. The van der Waals surface area contributed by atoms with Gasteiger partial charge in [0.2, 0.25) is 11.8 Å². The average Bonchev–Trinajstić information content (AvgIpc) is 3.12. The summed E-state index contributed by atoms with van der Waals surface area (Å²) in [6.45, 7) is 5.14. The number of carbonyl (C=O) groups is 2. The van der Waals surface area contributed by atoms with E-state index < -0.39 is 0 Å². The Labute approximate surface area is 212 Å². The molecule has 2 amide bonds. The van der Waals surface area contributed by atoms with Gasteiger partial charge in [-0.25, -0.2) is 0 Å². The monoisotopic (exact) mass is 599 g/mol. The zero-order valence-electron chi connectivity index (χ0n) is 17.8. The van der Waals surface area contributed by atoms with Crippen LogP contribution >= 0.6 is 46.1 Å². The highest BCUT2D eigenvalue weighted by Gasteiger charge is 2.25. The fraction of sp³-hybridized carbons (Fsp3) is 0.550. The highest BCUT2D eigenvalue weighted by molar-refractivity contribution is 14.1. The summed E-state index contributed by atoms with van der Waals surface area (Å²) in [5.41, 5.74) is 0.810. The fourth-order valence-corrected chi connectivity index (χ4v) is 3.31. The number of hydrazone groups is 1. The Bertz CT molecular complexity index is 799. The minimum absolute atomic E-state index is 0.0288. The van der Waals surface area contributed by atoms with Crippen LogP contribution in [0.5, 0.6) is 0 Å². The maximum absolute atomic E-state index is 12.2. The number of hydrogen-bond donors (Lipinski definition) is 3. The van der Waals surface area contributed by atoms with E-state index in [2.05, 4.69) is 19.3 Å². The lowest BCUT2D eigenvalue weighted by atomic mass is 10.1. The summed E-state index contributed by atoms with van der Waals surface area (Å²) in [6.07, 6.45) is 0.792. The van der Waals surface area contributed by atoms with E-state index in [4.69, 9.17) is 32.7 Å². The van der Waals surface area contributed by atoms with Gasteiger partial charge in [0.25, 0.3) is 0 Å². The number of rotatable bonds is 13. The van der Waals surface area contributed by atoms with Crippen LogP contribution in [0, 0.1) is 5.92 Å². The molecule has 1 heterocycles. The van der Waals surface area contributed by atoms with Crippen molar-refractivity contribution in [3.05, 3.63) is 28.2 Å². The van der Waals surface area contributed by atoms with Crippen molar-refractivity contribution < 1.29 is 19.1 Å². The van der Waals surface area contributed by atoms with Crippen LogP contribution in [0.15, 0.2) is 23.3 Å². The van der Waals surface area contributed by atoms with E-state index in [9.17, 15) is 9.59 Å². The van der Waals surface area contributed by atoms with Gasteiger partial charge in [0.05, 0.1) is 42.1 Å². The third-order valence-corrected chi connectivity index (χ3v) is 5.74. The number of benzene rings is 1. The standard InChI is InChI=1S/C20H28Cl2IN5O4/c1-14-12-28(15-4-5-16(21)17(22)11-15)27-20(14)26-18(29)3-2-6-24-19(30)13-32-10-9-31-8-7-25-23/h4-5,11,14,25H,2-3,6-10,12-13H2,1H3,(H,24,30)(H,26,27,29). The van der Waals surface area contributed by atoms with Crippen molar-refractivity contribution in [2.75, 3.05) is 51.1 Å². The van der Waals surface area contributed by atoms with Gasteiger partial charge in [-0.3, -0.25) is 18.1 Å². The highest BCUT2D eigenvalue weighted by Crippen LogP contribution is 2.29. The van der Waals surface area contributed by atoms with Crippen LogP contribution < -0.4 is 19.2 Å². The minimum Gasteiger partial charge on any atom is -0.378 e. The number of anilines is 1. The van der Waals surface area contributed by atoms with Crippen molar-refractivity contribution in [3.63, 3.8) is 0 Å². The Balaban J connectivity index is 1.61. The molecule has 1 aliphatic heterocycles. The number of hydrogen-bond acceptors (Lipinski definition) is 7. The van der Waals surface area contributed by atoms with Crippen LogP contribution in [0.25, 0.3) is 0 Å². The number of nitrogens with zero attached hydrogens (tertiary/aromatic N) is 2. The van der Waals surface area contributed by atoms with E-state index in [1.807, 2.05) is 35.9 Å². The van der Waals surface area contributed by atoms with E-state index in [1.165, 1.54) is 0 Å². The fourth-order valence-electron chi connectivity index (χ4n) is 2.80. The second-order valence-electron chi connectivity index (χ2n) is 7.12. The summed E-state index contributed by atoms with van der Waals surface area (Å²) in [6, 6.07) is 5.29. The first-order valence-electron chi connectivity index (χ1n) is 10.3. The van der Waals surface area contributed by atoms with Crippen molar-refractivity contribution in [1.29, 1.82) is 0 Å². The second-order valence-corrected chi connectivity index (χ2v) is 8.69. The summed E-state index contributed by atoms with van der Waals surface area (Å²) in [4.78, 5) is 24.0. The van der Waals surface area contributed by atoms with Gasteiger partial charge >= 0.3 is 0 Å². The summed E-state index contributed by atoms with van der Waals surface area (Å²) < 4.78 is 13.5. The molecule has 0 aliphatic carbocycles. The zero-order chi connectivity index (χ0) is 23.3.